The quantitative estimate of drug-likeness (QED) is 0.116. The van der Waals surface area contributed by atoms with Crippen molar-refractivity contribution >= 4 is 11.9 Å². The second-order valence-corrected chi connectivity index (χ2v) is 14.4. The zero-order chi connectivity index (χ0) is 29.6. The lowest BCUT2D eigenvalue weighted by Crippen LogP contribution is -2.46. The summed E-state index contributed by atoms with van der Waals surface area (Å²) in [7, 11) is 0. The highest BCUT2D eigenvalue weighted by Crippen LogP contribution is 2.43. The third-order valence-corrected chi connectivity index (χ3v) is 11.3. The molecule has 4 aliphatic carbocycles. The van der Waals surface area contributed by atoms with Gasteiger partial charge in [-0.15, -0.1) is 0 Å². The second-order valence-electron chi connectivity index (χ2n) is 14.4. The Morgan fingerprint density at radius 2 is 0.952 bits per heavy atom. The second kappa shape index (κ2) is 18.3. The molecule has 0 aromatic heterocycles. The van der Waals surface area contributed by atoms with Gasteiger partial charge in [-0.2, -0.15) is 0 Å². The van der Waals surface area contributed by atoms with Gasteiger partial charge in [-0.25, -0.2) is 9.59 Å². The summed E-state index contributed by atoms with van der Waals surface area (Å²) >= 11 is 0. The van der Waals surface area contributed by atoms with Crippen molar-refractivity contribution in [1.82, 2.24) is 0 Å². The minimum Gasteiger partial charge on any atom is -0.459 e. The maximum Gasteiger partial charge on any atom is 0.330 e. The number of allylic oxidation sites excluding steroid dienone is 2. The molecule has 4 rings (SSSR count). The summed E-state index contributed by atoms with van der Waals surface area (Å²) in [5, 5.41) is 0. The molecule has 0 aromatic carbocycles. The summed E-state index contributed by atoms with van der Waals surface area (Å²) in [4.78, 5) is 25.7. The molecular weight excluding hydrogens is 520 g/mol. The topological polar surface area (TPSA) is 52.6 Å². The molecule has 42 heavy (non-hydrogen) atoms. The van der Waals surface area contributed by atoms with Crippen molar-refractivity contribution in [1.29, 1.82) is 0 Å². The van der Waals surface area contributed by atoms with Gasteiger partial charge in [-0.05, 0) is 101 Å². The normalized spacial score (nSPS) is 33.9. The average molecular weight is 583 g/mol. The van der Waals surface area contributed by atoms with Crippen LogP contribution >= 0.6 is 0 Å². The van der Waals surface area contributed by atoms with Gasteiger partial charge < -0.3 is 9.47 Å². The fraction of sp³-hybridized carbons (Fsp3) is 0.842. The molecule has 4 unspecified atom stereocenters. The third kappa shape index (κ3) is 10.8. The first kappa shape index (κ1) is 33.3. The lowest BCUT2D eigenvalue weighted by molar-refractivity contribution is -0.165. The van der Waals surface area contributed by atoms with Gasteiger partial charge in [0.2, 0.25) is 0 Å². The number of hydrogen-bond acceptors (Lipinski definition) is 4. The smallest absolute Gasteiger partial charge is 0.330 e. The molecule has 0 spiro atoms. The molecule has 4 saturated carbocycles. The van der Waals surface area contributed by atoms with Gasteiger partial charge in [0.25, 0.3) is 0 Å². The standard InChI is InChI=1S/C38H62O4/c1-3-5-7-11-29-15-19-31(20-16-29)23-27-37(39)41-35-25-26-36(34-14-10-9-13-33(34)35)42-38(40)28-24-32-21-17-30(18-22-32)12-8-6-4-2/h23-24,27-36H,3-22,25-26H2,1-2H3/b27-23+,28-24+. The van der Waals surface area contributed by atoms with Crippen LogP contribution in [-0.2, 0) is 19.1 Å². The average Bonchev–Trinajstić information content (AvgIpc) is 3.02. The first-order valence-corrected chi connectivity index (χ1v) is 18.3. The fourth-order valence-corrected chi connectivity index (χ4v) is 8.67. The Hall–Kier alpha value is -1.58. The first-order chi connectivity index (χ1) is 20.6. The lowest BCUT2D eigenvalue weighted by atomic mass is 9.68. The molecule has 0 aliphatic heterocycles. The maximum absolute atomic E-state index is 12.8. The largest absolute Gasteiger partial charge is 0.459 e. The highest BCUT2D eigenvalue weighted by molar-refractivity contribution is 5.82. The zero-order valence-electron chi connectivity index (χ0n) is 27.1. The van der Waals surface area contributed by atoms with Crippen LogP contribution in [0.2, 0.25) is 0 Å². The van der Waals surface area contributed by atoms with E-state index in [1.807, 2.05) is 0 Å². The number of rotatable bonds is 14. The first-order valence-electron chi connectivity index (χ1n) is 18.3. The summed E-state index contributed by atoms with van der Waals surface area (Å²) < 4.78 is 12.2. The van der Waals surface area contributed by atoms with E-state index in [9.17, 15) is 9.59 Å². The Bertz CT molecular complexity index is 775. The van der Waals surface area contributed by atoms with E-state index in [4.69, 9.17) is 9.47 Å². The number of carbonyl (C=O) groups excluding carboxylic acids is 2. The van der Waals surface area contributed by atoms with Gasteiger partial charge in [0.05, 0.1) is 0 Å². The summed E-state index contributed by atoms with van der Waals surface area (Å²) in [5.41, 5.74) is 0. The summed E-state index contributed by atoms with van der Waals surface area (Å²) in [5.74, 6) is 3.09. The molecule has 4 nitrogen and oxygen atoms in total. The summed E-state index contributed by atoms with van der Waals surface area (Å²) in [6.45, 7) is 4.55. The number of hydrogen-bond donors (Lipinski definition) is 0. The molecular formula is C38H62O4. The number of unbranched alkanes of at least 4 members (excludes halogenated alkanes) is 4. The minimum atomic E-state index is -0.173. The van der Waals surface area contributed by atoms with Crippen molar-refractivity contribution in [2.75, 3.05) is 0 Å². The molecule has 4 atom stereocenters. The third-order valence-electron chi connectivity index (χ3n) is 11.3. The molecule has 4 fully saturated rings. The Morgan fingerprint density at radius 1 is 0.548 bits per heavy atom. The van der Waals surface area contributed by atoms with Crippen LogP contribution in [0.4, 0.5) is 0 Å². The predicted octanol–water partition coefficient (Wildman–Crippen LogP) is 10.3. The van der Waals surface area contributed by atoms with Crippen molar-refractivity contribution < 1.29 is 19.1 Å². The molecule has 0 N–H and O–H groups in total. The highest BCUT2D eigenvalue weighted by atomic mass is 16.6. The van der Waals surface area contributed by atoms with E-state index in [1.54, 1.807) is 12.2 Å². The molecule has 0 saturated heterocycles. The van der Waals surface area contributed by atoms with Gasteiger partial charge >= 0.3 is 11.9 Å². The highest BCUT2D eigenvalue weighted by Gasteiger charge is 2.43. The van der Waals surface area contributed by atoms with Crippen LogP contribution in [0.15, 0.2) is 24.3 Å². The monoisotopic (exact) mass is 582 g/mol. The van der Waals surface area contributed by atoms with Crippen molar-refractivity contribution in [3.05, 3.63) is 24.3 Å². The van der Waals surface area contributed by atoms with Gasteiger partial charge in [0.15, 0.2) is 0 Å². The van der Waals surface area contributed by atoms with Gasteiger partial charge in [-0.1, -0.05) is 90.2 Å². The van der Waals surface area contributed by atoms with Crippen molar-refractivity contribution in [2.24, 2.45) is 35.5 Å². The number of carbonyl (C=O) groups is 2. The Kier molecular flexibility index (Phi) is 14.5. The lowest BCUT2D eigenvalue weighted by Gasteiger charge is -2.44. The van der Waals surface area contributed by atoms with Crippen LogP contribution in [0.1, 0.15) is 155 Å². The summed E-state index contributed by atoms with van der Waals surface area (Å²) in [6.07, 6.45) is 34.5. The maximum atomic E-state index is 12.8. The van der Waals surface area contributed by atoms with E-state index in [1.165, 1.54) is 116 Å². The molecule has 0 amide bonds. The van der Waals surface area contributed by atoms with Crippen LogP contribution in [0, 0.1) is 35.5 Å². The Morgan fingerprint density at radius 3 is 1.33 bits per heavy atom. The van der Waals surface area contributed by atoms with E-state index < -0.39 is 0 Å². The number of ether oxygens (including phenoxy) is 2. The molecule has 238 valence electrons. The number of fused-ring (bicyclic) bond motifs is 1. The van der Waals surface area contributed by atoms with Crippen LogP contribution in [0.5, 0.6) is 0 Å². The van der Waals surface area contributed by atoms with Crippen molar-refractivity contribution in [3.8, 4) is 0 Å². The van der Waals surface area contributed by atoms with Gasteiger partial charge in [0, 0.05) is 24.0 Å². The van der Waals surface area contributed by atoms with Crippen molar-refractivity contribution in [2.45, 2.75) is 167 Å². The van der Waals surface area contributed by atoms with Crippen LogP contribution < -0.4 is 0 Å². The van der Waals surface area contributed by atoms with Crippen LogP contribution in [-0.4, -0.2) is 24.1 Å². The predicted molar refractivity (Wildman–Crippen MR) is 172 cm³/mol. The molecule has 0 radical (unpaired) electrons. The molecule has 4 heteroatoms. The van der Waals surface area contributed by atoms with E-state index in [0.29, 0.717) is 23.7 Å². The van der Waals surface area contributed by atoms with E-state index >= 15 is 0 Å². The zero-order valence-corrected chi connectivity index (χ0v) is 27.1. The fourth-order valence-electron chi connectivity index (χ4n) is 8.67. The van der Waals surface area contributed by atoms with Crippen molar-refractivity contribution in [3.63, 3.8) is 0 Å². The minimum absolute atomic E-state index is 0.0419. The van der Waals surface area contributed by atoms with E-state index in [-0.39, 0.29) is 24.1 Å². The molecule has 0 aromatic rings. The molecule has 0 bridgehead atoms. The summed E-state index contributed by atoms with van der Waals surface area (Å²) in [6, 6.07) is 0. The van der Waals surface area contributed by atoms with Crippen LogP contribution in [0.25, 0.3) is 0 Å². The molecule has 4 aliphatic rings. The van der Waals surface area contributed by atoms with Gasteiger partial charge in [-0.3, -0.25) is 0 Å². The SMILES string of the molecule is CCCCCC1CCC(/C=C/C(=O)OC2CCC(OC(=O)/C=C/C3CCC(CCCCC)CC3)C3CCCCC23)CC1. The van der Waals surface area contributed by atoms with Gasteiger partial charge in [0.1, 0.15) is 12.2 Å². The van der Waals surface area contributed by atoms with E-state index in [0.717, 1.165) is 37.5 Å². The molecule has 0 heterocycles. The van der Waals surface area contributed by atoms with E-state index in [2.05, 4.69) is 26.0 Å². The Labute approximate surface area is 257 Å². The Balaban J connectivity index is 1.18. The van der Waals surface area contributed by atoms with Crippen LogP contribution in [0.3, 0.4) is 0 Å². The number of esters is 2.